The van der Waals surface area contributed by atoms with E-state index in [0.29, 0.717) is 18.6 Å². The first kappa shape index (κ1) is 21.7. The summed E-state index contributed by atoms with van der Waals surface area (Å²) in [4.78, 5) is 18.5. The molecule has 1 aromatic heterocycles. The largest absolute Gasteiger partial charge is 0.492 e. The number of nitrogens with one attached hydrogen (secondary N) is 1. The first-order chi connectivity index (χ1) is 15.2. The quantitative estimate of drug-likeness (QED) is 0.706. The first-order valence-corrected chi connectivity index (χ1v) is 12.0. The number of nitriles is 1. The Labute approximate surface area is 188 Å². The molecule has 0 bridgehead atoms. The number of carbonyl (C=O) groups excluding carboxylic acids is 1. The molecule has 2 aliphatic rings. The number of ether oxygens (including phenoxy) is 1. The molecule has 0 saturated carbocycles. The Morgan fingerprint density at radius 3 is 2.74 bits per heavy atom. The molecule has 31 heavy (non-hydrogen) atoms. The van der Waals surface area contributed by atoms with Crippen molar-refractivity contribution in [2.45, 2.75) is 39.0 Å². The van der Waals surface area contributed by atoms with Gasteiger partial charge in [0.2, 0.25) is 5.91 Å². The van der Waals surface area contributed by atoms with E-state index in [9.17, 15) is 10.1 Å². The van der Waals surface area contributed by atoms with Crippen LogP contribution in [0.4, 0.5) is 10.7 Å². The van der Waals surface area contributed by atoms with E-state index in [2.05, 4.69) is 27.3 Å². The van der Waals surface area contributed by atoms with Crippen LogP contribution in [0.2, 0.25) is 0 Å². The average molecular weight is 439 g/mol. The highest BCUT2D eigenvalue weighted by Gasteiger charge is 2.23. The van der Waals surface area contributed by atoms with Gasteiger partial charge in [0.1, 0.15) is 16.8 Å². The number of benzene rings is 1. The van der Waals surface area contributed by atoms with Gasteiger partial charge >= 0.3 is 0 Å². The van der Waals surface area contributed by atoms with Crippen LogP contribution in [-0.2, 0) is 17.6 Å². The van der Waals surface area contributed by atoms with Crippen LogP contribution in [-0.4, -0.2) is 50.1 Å². The minimum Gasteiger partial charge on any atom is -0.492 e. The fraction of sp³-hybridized carbons (Fsp3) is 0.500. The van der Waals surface area contributed by atoms with E-state index in [4.69, 9.17) is 4.74 Å². The summed E-state index contributed by atoms with van der Waals surface area (Å²) in [5.74, 6) is 0.934. The van der Waals surface area contributed by atoms with Gasteiger partial charge in [-0.2, -0.15) is 5.26 Å². The van der Waals surface area contributed by atoms with Crippen LogP contribution in [0, 0.1) is 11.3 Å². The van der Waals surface area contributed by atoms with Crippen LogP contribution in [0.5, 0.6) is 5.75 Å². The summed E-state index contributed by atoms with van der Waals surface area (Å²) < 4.78 is 5.77. The standard InChI is InChI=1S/C24H30N4O2S/c1-2-30-21-9-5-4-8-20(21)28-15-13-27(14-16-28)12-11-23(29)26-24-19(17-25)18-7-3-6-10-22(18)31-24/h4-5,8-9H,2-3,6-7,10-16H2,1H3,(H,26,29). The lowest BCUT2D eigenvalue weighted by Gasteiger charge is -2.36. The van der Waals surface area contributed by atoms with Gasteiger partial charge in [-0.1, -0.05) is 12.1 Å². The van der Waals surface area contributed by atoms with Gasteiger partial charge in [-0.05, 0) is 50.3 Å². The Morgan fingerprint density at radius 2 is 1.97 bits per heavy atom. The molecule has 4 rings (SSSR count). The number of hydrogen-bond acceptors (Lipinski definition) is 6. The number of amides is 1. The molecular weight excluding hydrogens is 408 g/mol. The van der Waals surface area contributed by atoms with E-state index >= 15 is 0 Å². The van der Waals surface area contributed by atoms with Crippen molar-refractivity contribution in [1.82, 2.24) is 4.90 Å². The number of carbonyl (C=O) groups is 1. The van der Waals surface area contributed by atoms with Crippen molar-refractivity contribution in [3.8, 4) is 11.8 Å². The van der Waals surface area contributed by atoms with E-state index in [0.717, 1.165) is 74.0 Å². The number of piperazine rings is 1. The SMILES string of the molecule is CCOc1ccccc1N1CCN(CCC(=O)Nc2sc3c(c2C#N)CCCC3)CC1. The number of para-hydroxylation sites is 2. The molecule has 2 aromatic rings. The van der Waals surface area contributed by atoms with E-state index in [1.54, 1.807) is 11.3 Å². The molecule has 7 heteroatoms. The van der Waals surface area contributed by atoms with E-state index in [1.165, 1.54) is 11.3 Å². The van der Waals surface area contributed by atoms with Crippen molar-refractivity contribution >= 4 is 27.9 Å². The Balaban J connectivity index is 1.27. The molecule has 0 atom stereocenters. The van der Waals surface area contributed by atoms with Crippen molar-refractivity contribution in [2.24, 2.45) is 0 Å². The van der Waals surface area contributed by atoms with E-state index in [-0.39, 0.29) is 5.91 Å². The molecule has 0 radical (unpaired) electrons. The lowest BCUT2D eigenvalue weighted by Crippen LogP contribution is -2.47. The van der Waals surface area contributed by atoms with E-state index in [1.807, 2.05) is 25.1 Å². The average Bonchev–Trinajstić information content (AvgIpc) is 3.15. The number of fused-ring (bicyclic) bond motifs is 1. The summed E-state index contributed by atoms with van der Waals surface area (Å²) in [7, 11) is 0. The third-order valence-corrected chi connectivity index (χ3v) is 7.28. The van der Waals surface area contributed by atoms with Gasteiger partial charge in [0.05, 0.1) is 17.9 Å². The van der Waals surface area contributed by atoms with Gasteiger partial charge in [0.15, 0.2) is 0 Å². The summed E-state index contributed by atoms with van der Waals surface area (Å²) in [6, 6.07) is 10.5. The van der Waals surface area contributed by atoms with Gasteiger partial charge in [0.25, 0.3) is 0 Å². The molecule has 0 unspecified atom stereocenters. The Bertz CT molecular complexity index is 957. The highest BCUT2D eigenvalue weighted by atomic mass is 32.1. The number of thiophene rings is 1. The molecular formula is C24H30N4O2S. The molecule has 6 nitrogen and oxygen atoms in total. The topological polar surface area (TPSA) is 68.6 Å². The van der Waals surface area contributed by atoms with Crippen molar-refractivity contribution in [3.05, 3.63) is 40.3 Å². The predicted molar refractivity (Wildman–Crippen MR) is 125 cm³/mol. The van der Waals surface area contributed by atoms with Crippen molar-refractivity contribution in [2.75, 3.05) is 49.5 Å². The monoisotopic (exact) mass is 438 g/mol. The van der Waals surface area contributed by atoms with Crippen LogP contribution in [0.25, 0.3) is 0 Å². The maximum atomic E-state index is 12.6. The molecule has 1 aromatic carbocycles. The normalized spacial score (nSPS) is 16.5. The summed E-state index contributed by atoms with van der Waals surface area (Å²) in [6.07, 6.45) is 4.74. The van der Waals surface area contributed by atoms with Crippen LogP contribution >= 0.6 is 11.3 Å². The second-order valence-electron chi connectivity index (χ2n) is 8.05. The summed E-state index contributed by atoms with van der Waals surface area (Å²) in [6.45, 7) is 7.08. The minimum absolute atomic E-state index is 0.000724. The van der Waals surface area contributed by atoms with Gasteiger partial charge in [0, 0.05) is 44.0 Å². The Hall–Kier alpha value is -2.56. The van der Waals surface area contributed by atoms with E-state index < -0.39 is 0 Å². The number of anilines is 2. The fourth-order valence-electron chi connectivity index (χ4n) is 4.43. The molecule has 2 heterocycles. The summed E-state index contributed by atoms with van der Waals surface area (Å²) in [5, 5.41) is 13.3. The minimum atomic E-state index is -0.000724. The van der Waals surface area contributed by atoms with Gasteiger partial charge in [-0.3, -0.25) is 9.69 Å². The molecule has 1 N–H and O–H groups in total. The number of rotatable bonds is 7. The summed E-state index contributed by atoms with van der Waals surface area (Å²) >= 11 is 1.59. The molecule has 1 saturated heterocycles. The molecule has 1 fully saturated rings. The van der Waals surface area contributed by atoms with Crippen molar-refractivity contribution < 1.29 is 9.53 Å². The number of nitrogens with zero attached hydrogens (tertiary/aromatic N) is 3. The van der Waals surface area contributed by atoms with Gasteiger partial charge in [-0.15, -0.1) is 11.3 Å². The highest BCUT2D eigenvalue weighted by Crippen LogP contribution is 2.37. The lowest BCUT2D eigenvalue weighted by molar-refractivity contribution is -0.116. The number of hydrogen-bond donors (Lipinski definition) is 1. The first-order valence-electron chi connectivity index (χ1n) is 11.2. The number of aryl methyl sites for hydroxylation is 1. The van der Waals surface area contributed by atoms with Crippen molar-refractivity contribution in [1.29, 1.82) is 5.26 Å². The third-order valence-electron chi connectivity index (χ3n) is 6.07. The van der Waals surface area contributed by atoms with Gasteiger partial charge < -0.3 is 15.0 Å². The maximum absolute atomic E-state index is 12.6. The zero-order valence-electron chi connectivity index (χ0n) is 18.2. The molecule has 1 amide bonds. The smallest absolute Gasteiger partial charge is 0.226 e. The van der Waals surface area contributed by atoms with Crippen LogP contribution in [0.15, 0.2) is 24.3 Å². The van der Waals surface area contributed by atoms with Crippen LogP contribution in [0.1, 0.15) is 42.2 Å². The van der Waals surface area contributed by atoms with Crippen molar-refractivity contribution in [3.63, 3.8) is 0 Å². The Morgan fingerprint density at radius 1 is 1.19 bits per heavy atom. The maximum Gasteiger partial charge on any atom is 0.226 e. The zero-order chi connectivity index (χ0) is 21.6. The lowest BCUT2D eigenvalue weighted by atomic mass is 9.96. The van der Waals surface area contributed by atoms with Crippen LogP contribution in [0.3, 0.4) is 0 Å². The molecule has 1 aliphatic carbocycles. The zero-order valence-corrected chi connectivity index (χ0v) is 19.0. The fourth-order valence-corrected chi connectivity index (χ4v) is 5.69. The van der Waals surface area contributed by atoms with Gasteiger partial charge in [-0.25, -0.2) is 0 Å². The molecule has 164 valence electrons. The predicted octanol–water partition coefficient (Wildman–Crippen LogP) is 4.05. The second kappa shape index (κ2) is 10.2. The third kappa shape index (κ3) is 5.03. The molecule has 1 aliphatic heterocycles. The second-order valence-corrected chi connectivity index (χ2v) is 9.16. The van der Waals surface area contributed by atoms with Crippen LogP contribution < -0.4 is 15.0 Å². The highest BCUT2D eigenvalue weighted by molar-refractivity contribution is 7.16. The molecule has 0 spiro atoms. The summed E-state index contributed by atoms with van der Waals surface area (Å²) in [5.41, 5.74) is 3.00. The Kier molecular flexibility index (Phi) is 7.10.